The third-order valence-corrected chi connectivity index (χ3v) is 7.17. The van der Waals surface area contributed by atoms with Gasteiger partial charge in [-0.3, -0.25) is 0 Å². The highest BCUT2D eigenvalue weighted by Crippen LogP contribution is 2.53. The Kier molecular flexibility index (Phi) is 4.36. The molecule has 4 N–H and O–H groups in total. The number of aliphatic hydroxyl groups is 1. The number of nitrogens with one attached hydrogen (secondary N) is 1. The first-order chi connectivity index (χ1) is 13.6. The van der Waals surface area contributed by atoms with E-state index in [1.54, 1.807) is 6.33 Å². The molecule has 0 bridgehead atoms. The third kappa shape index (κ3) is 2.52. The summed E-state index contributed by atoms with van der Waals surface area (Å²) in [7, 11) is 0. The fourth-order valence-electron chi connectivity index (χ4n) is 5.51. The number of halogens is 1. The van der Waals surface area contributed by atoms with E-state index in [1.165, 1.54) is 5.56 Å². The van der Waals surface area contributed by atoms with Gasteiger partial charge in [0.15, 0.2) is 0 Å². The number of rotatable bonds is 2. The summed E-state index contributed by atoms with van der Waals surface area (Å²) in [5.74, 6) is 1.16. The van der Waals surface area contributed by atoms with Crippen LogP contribution in [0.4, 0.5) is 11.5 Å². The molecule has 148 valence electrons. The second-order valence-corrected chi connectivity index (χ2v) is 8.80. The number of aliphatic hydroxyl groups excluding tert-OH is 1. The van der Waals surface area contributed by atoms with Gasteiger partial charge < -0.3 is 21.1 Å². The summed E-state index contributed by atoms with van der Waals surface area (Å²) in [5, 5.41) is 14.7. The number of hydrogen-bond donors (Lipinski definition) is 3. The highest BCUT2D eigenvalue weighted by molar-refractivity contribution is 6.31. The molecular formula is C21H26ClN5O. The Bertz CT molecular complexity index is 927. The summed E-state index contributed by atoms with van der Waals surface area (Å²) in [5.41, 5.74) is 11.5. The molecule has 1 aromatic heterocycles. The first-order valence-corrected chi connectivity index (χ1v) is 10.5. The predicted octanol–water partition coefficient (Wildman–Crippen LogP) is 2.90. The normalized spacial score (nSPS) is 25.2. The summed E-state index contributed by atoms with van der Waals surface area (Å²) in [6, 6.07) is 4.06. The third-order valence-electron chi connectivity index (χ3n) is 6.82. The molecule has 2 aliphatic heterocycles. The van der Waals surface area contributed by atoms with Crippen molar-refractivity contribution in [2.24, 2.45) is 5.73 Å². The van der Waals surface area contributed by atoms with Crippen molar-refractivity contribution in [2.75, 3.05) is 24.5 Å². The van der Waals surface area contributed by atoms with E-state index in [-0.39, 0.29) is 11.3 Å². The molecule has 1 saturated heterocycles. The summed E-state index contributed by atoms with van der Waals surface area (Å²) in [6.45, 7) is 5.42. The topological polar surface area (TPSA) is 87.3 Å². The quantitative estimate of drug-likeness (QED) is 0.719. The van der Waals surface area contributed by atoms with Gasteiger partial charge in [-0.2, -0.15) is 0 Å². The molecule has 6 nitrogen and oxygen atoms in total. The van der Waals surface area contributed by atoms with Crippen molar-refractivity contribution < 1.29 is 5.11 Å². The molecule has 7 heteroatoms. The van der Waals surface area contributed by atoms with E-state index in [9.17, 15) is 5.11 Å². The van der Waals surface area contributed by atoms with E-state index in [2.05, 4.69) is 28.2 Å². The Morgan fingerprint density at radius 3 is 2.86 bits per heavy atom. The summed E-state index contributed by atoms with van der Waals surface area (Å²) in [6.07, 6.45) is 3.88. The zero-order valence-electron chi connectivity index (χ0n) is 16.1. The van der Waals surface area contributed by atoms with E-state index in [0.717, 1.165) is 65.8 Å². The van der Waals surface area contributed by atoms with Crippen molar-refractivity contribution in [3.8, 4) is 0 Å². The van der Waals surface area contributed by atoms with Gasteiger partial charge in [-0.05, 0) is 61.5 Å². The van der Waals surface area contributed by atoms with Crippen LogP contribution < -0.4 is 16.0 Å². The molecular weight excluding hydrogens is 374 g/mol. The Labute approximate surface area is 170 Å². The molecule has 0 unspecified atom stereocenters. The number of fused-ring (bicyclic) bond motifs is 3. The molecule has 0 saturated carbocycles. The summed E-state index contributed by atoms with van der Waals surface area (Å²) >= 11 is 6.57. The van der Waals surface area contributed by atoms with Crippen LogP contribution in [-0.4, -0.2) is 34.7 Å². The second-order valence-electron chi connectivity index (χ2n) is 8.39. The molecule has 3 aliphatic rings. The SMILES string of the molecule is C[C@@H]1C[C@@H](O)c2ncnc(N3CC4(CCNCC4)c4c3ccc(Cl)c4CN)c21. The van der Waals surface area contributed by atoms with Gasteiger partial charge in [0.1, 0.15) is 12.1 Å². The number of nitrogens with two attached hydrogens (primary N) is 1. The molecule has 28 heavy (non-hydrogen) atoms. The molecule has 1 fully saturated rings. The van der Waals surface area contributed by atoms with Gasteiger partial charge in [0.05, 0.1) is 11.8 Å². The van der Waals surface area contributed by atoms with E-state index < -0.39 is 6.10 Å². The molecule has 1 aromatic carbocycles. The Hall–Kier alpha value is -1.73. The maximum Gasteiger partial charge on any atom is 0.140 e. The van der Waals surface area contributed by atoms with Gasteiger partial charge in [0, 0.05) is 34.8 Å². The highest BCUT2D eigenvalue weighted by Gasteiger charge is 2.47. The van der Waals surface area contributed by atoms with Crippen LogP contribution >= 0.6 is 11.6 Å². The molecule has 1 spiro atoms. The standard InChI is InChI=1S/C21H26ClN5O/c1-12-8-16(28)19-17(12)20(26-11-25-19)27-10-21(4-6-24-7-5-21)18-13(9-23)14(22)2-3-15(18)27/h2-3,11-12,16,24,28H,4-10,23H2,1H3/t12-,16-/m1/s1. The van der Waals surface area contributed by atoms with E-state index in [4.69, 9.17) is 22.3 Å². The molecule has 1 aliphatic carbocycles. The fourth-order valence-corrected chi connectivity index (χ4v) is 5.75. The monoisotopic (exact) mass is 399 g/mol. The summed E-state index contributed by atoms with van der Waals surface area (Å²) in [4.78, 5) is 11.4. The Morgan fingerprint density at radius 2 is 2.11 bits per heavy atom. The molecule has 5 rings (SSSR count). The minimum atomic E-state index is -0.508. The van der Waals surface area contributed by atoms with Crippen molar-refractivity contribution in [3.63, 3.8) is 0 Å². The highest BCUT2D eigenvalue weighted by atomic mass is 35.5. The van der Waals surface area contributed by atoms with Gasteiger partial charge in [0.2, 0.25) is 0 Å². The number of hydrogen-bond acceptors (Lipinski definition) is 6. The second kappa shape index (κ2) is 6.66. The lowest BCUT2D eigenvalue weighted by atomic mass is 9.73. The first kappa shape index (κ1) is 18.3. The van der Waals surface area contributed by atoms with Gasteiger partial charge in [-0.25, -0.2) is 9.97 Å². The maximum absolute atomic E-state index is 10.4. The molecule has 2 atom stereocenters. The van der Waals surface area contributed by atoms with Crippen LogP contribution in [0, 0.1) is 0 Å². The molecule has 0 radical (unpaired) electrons. The lowest BCUT2D eigenvalue weighted by Crippen LogP contribution is -2.43. The van der Waals surface area contributed by atoms with Crippen molar-refractivity contribution in [3.05, 3.63) is 45.9 Å². The summed E-state index contributed by atoms with van der Waals surface area (Å²) < 4.78 is 0. The Morgan fingerprint density at radius 1 is 1.32 bits per heavy atom. The maximum atomic E-state index is 10.4. The number of benzene rings is 1. The van der Waals surface area contributed by atoms with Crippen LogP contribution in [0.25, 0.3) is 0 Å². The largest absolute Gasteiger partial charge is 0.387 e. The van der Waals surface area contributed by atoms with Crippen molar-refractivity contribution in [1.82, 2.24) is 15.3 Å². The van der Waals surface area contributed by atoms with E-state index >= 15 is 0 Å². The van der Waals surface area contributed by atoms with Crippen LogP contribution in [0.3, 0.4) is 0 Å². The first-order valence-electron chi connectivity index (χ1n) is 10.1. The zero-order valence-corrected chi connectivity index (χ0v) is 16.8. The van der Waals surface area contributed by atoms with Crippen LogP contribution in [0.2, 0.25) is 5.02 Å². The van der Waals surface area contributed by atoms with Gasteiger partial charge >= 0.3 is 0 Å². The minimum absolute atomic E-state index is 0.0263. The minimum Gasteiger partial charge on any atom is -0.387 e. The van der Waals surface area contributed by atoms with Crippen LogP contribution in [0.15, 0.2) is 18.5 Å². The van der Waals surface area contributed by atoms with Crippen molar-refractivity contribution in [2.45, 2.75) is 50.2 Å². The molecule has 2 aromatic rings. The van der Waals surface area contributed by atoms with Crippen LogP contribution in [0.5, 0.6) is 0 Å². The number of anilines is 2. The van der Waals surface area contributed by atoms with E-state index in [0.29, 0.717) is 13.0 Å². The van der Waals surface area contributed by atoms with Gasteiger partial charge in [-0.1, -0.05) is 18.5 Å². The smallest absolute Gasteiger partial charge is 0.140 e. The number of piperidine rings is 1. The Balaban J connectivity index is 1.71. The zero-order chi connectivity index (χ0) is 19.5. The number of aromatic nitrogens is 2. The average molecular weight is 400 g/mol. The predicted molar refractivity (Wildman–Crippen MR) is 110 cm³/mol. The van der Waals surface area contributed by atoms with Crippen molar-refractivity contribution >= 4 is 23.1 Å². The van der Waals surface area contributed by atoms with Gasteiger partial charge in [-0.15, -0.1) is 0 Å². The van der Waals surface area contributed by atoms with E-state index in [1.807, 2.05) is 6.07 Å². The number of nitrogens with zero attached hydrogens (tertiary/aromatic N) is 3. The van der Waals surface area contributed by atoms with Crippen molar-refractivity contribution in [1.29, 1.82) is 0 Å². The lowest BCUT2D eigenvalue weighted by molar-refractivity contribution is 0.170. The van der Waals surface area contributed by atoms with Crippen LogP contribution in [0.1, 0.15) is 60.6 Å². The van der Waals surface area contributed by atoms with Crippen LogP contribution in [-0.2, 0) is 12.0 Å². The molecule has 0 amide bonds. The average Bonchev–Trinajstić information content (AvgIpc) is 3.17. The van der Waals surface area contributed by atoms with Gasteiger partial charge in [0.25, 0.3) is 0 Å². The lowest BCUT2D eigenvalue weighted by Gasteiger charge is -2.36. The molecule has 3 heterocycles. The fraction of sp³-hybridized carbons (Fsp3) is 0.524.